The van der Waals surface area contributed by atoms with Gasteiger partial charge >= 0.3 is 0 Å². The zero-order valence-corrected chi connectivity index (χ0v) is 10.4. The predicted octanol–water partition coefficient (Wildman–Crippen LogP) is 3.64. The highest BCUT2D eigenvalue weighted by molar-refractivity contribution is 7.79. The van der Waals surface area contributed by atoms with Crippen molar-refractivity contribution in [2.75, 3.05) is 0 Å². The fourth-order valence-electron chi connectivity index (χ4n) is 1.68. The Hall–Kier alpha value is -1.22. The SMILES string of the molecule is CCc1ccc(-c2onc(CS)c2C)cc1. The van der Waals surface area contributed by atoms with Crippen LogP contribution in [0, 0.1) is 6.92 Å². The maximum Gasteiger partial charge on any atom is 0.170 e. The molecule has 0 spiro atoms. The average Bonchev–Trinajstić information content (AvgIpc) is 2.70. The smallest absolute Gasteiger partial charge is 0.170 e. The van der Waals surface area contributed by atoms with Gasteiger partial charge in [-0.2, -0.15) is 12.6 Å². The third kappa shape index (κ3) is 2.00. The van der Waals surface area contributed by atoms with Crippen LogP contribution < -0.4 is 0 Å². The van der Waals surface area contributed by atoms with Gasteiger partial charge in [0.25, 0.3) is 0 Å². The highest BCUT2D eigenvalue weighted by Crippen LogP contribution is 2.26. The molecule has 0 N–H and O–H groups in total. The van der Waals surface area contributed by atoms with E-state index in [0.717, 1.165) is 29.0 Å². The molecule has 0 radical (unpaired) electrons. The molecule has 1 aromatic carbocycles. The van der Waals surface area contributed by atoms with Gasteiger partial charge in [-0.3, -0.25) is 0 Å². The summed E-state index contributed by atoms with van der Waals surface area (Å²) in [5.74, 6) is 1.47. The molecule has 1 aromatic heterocycles. The predicted molar refractivity (Wildman–Crippen MR) is 68.7 cm³/mol. The summed E-state index contributed by atoms with van der Waals surface area (Å²) in [5.41, 5.74) is 4.41. The average molecular weight is 233 g/mol. The molecule has 0 aliphatic carbocycles. The van der Waals surface area contributed by atoms with E-state index < -0.39 is 0 Å². The molecule has 0 unspecified atom stereocenters. The van der Waals surface area contributed by atoms with Gasteiger partial charge < -0.3 is 4.52 Å². The van der Waals surface area contributed by atoms with Gasteiger partial charge in [-0.15, -0.1) is 0 Å². The number of aryl methyl sites for hydroxylation is 1. The van der Waals surface area contributed by atoms with Crippen LogP contribution in [-0.2, 0) is 12.2 Å². The number of benzene rings is 1. The Labute approximate surface area is 101 Å². The molecular formula is C13H15NOS. The third-order valence-electron chi connectivity index (χ3n) is 2.79. The molecule has 2 rings (SSSR count). The molecule has 0 aliphatic heterocycles. The van der Waals surface area contributed by atoms with Crippen molar-refractivity contribution in [3.63, 3.8) is 0 Å². The second-order valence-corrected chi connectivity index (χ2v) is 4.11. The van der Waals surface area contributed by atoms with E-state index in [4.69, 9.17) is 4.52 Å². The number of rotatable bonds is 3. The molecule has 0 saturated heterocycles. The van der Waals surface area contributed by atoms with E-state index in [1.54, 1.807) is 0 Å². The molecule has 0 saturated carbocycles. The van der Waals surface area contributed by atoms with Crippen molar-refractivity contribution in [3.8, 4) is 11.3 Å². The summed E-state index contributed by atoms with van der Waals surface area (Å²) in [4.78, 5) is 0. The Balaban J connectivity index is 2.38. The molecule has 2 nitrogen and oxygen atoms in total. The van der Waals surface area contributed by atoms with Gasteiger partial charge in [0.05, 0.1) is 5.69 Å². The van der Waals surface area contributed by atoms with Crippen LogP contribution in [0.1, 0.15) is 23.7 Å². The minimum Gasteiger partial charge on any atom is -0.356 e. The summed E-state index contributed by atoms with van der Waals surface area (Å²) in [5, 5.41) is 4.00. The van der Waals surface area contributed by atoms with Crippen LogP contribution in [0.4, 0.5) is 0 Å². The number of hydrogen-bond acceptors (Lipinski definition) is 3. The van der Waals surface area contributed by atoms with E-state index in [1.165, 1.54) is 5.56 Å². The molecule has 0 fully saturated rings. The Morgan fingerprint density at radius 3 is 2.44 bits per heavy atom. The van der Waals surface area contributed by atoms with Gasteiger partial charge in [0.15, 0.2) is 5.76 Å². The van der Waals surface area contributed by atoms with Crippen molar-refractivity contribution in [1.82, 2.24) is 5.16 Å². The Morgan fingerprint density at radius 2 is 1.94 bits per heavy atom. The Kier molecular flexibility index (Phi) is 3.34. The molecule has 1 heterocycles. The summed E-state index contributed by atoms with van der Waals surface area (Å²) >= 11 is 4.21. The minimum atomic E-state index is 0.613. The topological polar surface area (TPSA) is 26.0 Å². The standard InChI is InChI=1S/C13H15NOS/c1-3-10-4-6-11(7-5-10)13-9(2)12(8-16)14-15-13/h4-7,16H,3,8H2,1-2H3. The van der Waals surface area contributed by atoms with E-state index in [1.807, 2.05) is 6.92 Å². The van der Waals surface area contributed by atoms with Crippen LogP contribution in [0.5, 0.6) is 0 Å². The molecule has 0 bridgehead atoms. The fourth-order valence-corrected chi connectivity index (χ4v) is 1.97. The lowest BCUT2D eigenvalue weighted by atomic mass is 10.1. The van der Waals surface area contributed by atoms with Gasteiger partial charge in [0.2, 0.25) is 0 Å². The van der Waals surface area contributed by atoms with E-state index in [9.17, 15) is 0 Å². The van der Waals surface area contributed by atoms with Crippen LogP contribution in [0.25, 0.3) is 11.3 Å². The highest BCUT2D eigenvalue weighted by atomic mass is 32.1. The van der Waals surface area contributed by atoms with Gasteiger partial charge in [-0.25, -0.2) is 0 Å². The molecule has 84 valence electrons. The molecule has 2 aromatic rings. The maximum absolute atomic E-state index is 5.35. The van der Waals surface area contributed by atoms with E-state index >= 15 is 0 Å². The van der Waals surface area contributed by atoms with Crippen LogP contribution in [0.15, 0.2) is 28.8 Å². The lowest BCUT2D eigenvalue weighted by molar-refractivity contribution is 0.426. The summed E-state index contributed by atoms with van der Waals surface area (Å²) in [6, 6.07) is 8.40. The minimum absolute atomic E-state index is 0.613. The number of aromatic nitrogens is 1. The molecule has 0 amide bonds. The van der Waals surface area contributed by atoms with Gasteiger partial charge in [-0.05, 0) is 18.9 Å². The second kappa shape index (κ2) is 4.74. The maximum atomic E-state index is 5.35. The van der Waals surface area contributed by atoms with Crippen molar-refractivity contribution in [1.29, 1.82) is 0 Å². The van der Waals surface area contributed by atoms with Crippen molar-refractivity contribution in [2.24, 2.45) is 0 Å². The largest absolute Gasteiger partial charge is 0.356 e. The second-order valence-electron chi connectivity index (χ2n) is 3.79. The van der Waals surface area contributed by atoms with Gasteiger partial charge in [0, 0.05) is 16.9 Å². The van der Waals surface area contributed by atoms with Crippen molar-refractivity contribution in [3.05, 3.63) is 41.1 Å². The Bertz CT molecular complexity index is 473. The zero-order chi connectivity index (χ0) is 11.5. The monoisotopic (exact) mass is 233 g/mol. The molecule has 0 aliphatic rings. The normalized spacial score (nSPS) is 10.7. The van der Waals surface area contributed by atoms with Crippen LogP contribution in [0.3, 0.4) is 0 Å². The van der Waals surface area contributed by atoms with Crippen LogP contribution >= 0.6 is 12.6 Å². The molecule has 3 heteroatoms. The lowest BCUT2D eigenvalue weighted by Gasteiger charge is -2.00. The summed E-state index contributed by atoms with van der Waals surface area (Å²) in [7, 11) is 0. The van der Waals surface area contributed by atoms with Gasteiger partial charge in [0.1, 0.15) is 0 Å². The van der Waals surface area contributed by atoms with Crippen LogP contribution in [0.2, 0.25) is 0 Å². The summed E-state index contributed by atoms with van der Waals surface area (Å²) in [6.45, 7) is 4.17. The van der Waals surface area contributed by atoms with E-state index in [0.29, 0.717) is 5.75 Å². The Morgan fingerprint density at radius 1 is 1.25 bits per heavy atom. The van der Waals surface area contributed by atoms with Crippen molar-refractivity contribution < 1.29 is 4.52 Å². The molecule has 16 heavy (non-hydrogen) atoms. The first-order valence-electron chi connectivity index (χ1n) is 5.41. The lowest BCUT2D eigenvalue weighted by Crippen LogP contribution is -1.83. The summed E-state index contributed by atoms with van der Waals surface area (Å²) < 4.78 is 5.35. The fraction of sp³-hybridized carbons (Fsp3) is 0.308. The van der Waals surface area contributed by atoms with E-state index in [-0.39, 0.29) is 0 Å². The van der Waals surface area contributed by atoms with E-state index in [2.05, 4.69) is 49.0 Å². The first-order valence-corrected chi connectivity index (χ1v) is 6.04. The number of nitrogens with zero attached hydrogens (tertiary/aromatic N) is 1. The number of hydrogen-bond donors (Lipinski definition) is 1. The first-order chi connectivity index (χ1) is 7.76. The quantitative estimate of drug-likeness (QED) is 0.819. The third-order valence-corrected chi connectivity index (χ3v) is 3.09. The highest BCUT2D eigenvalue weighted by Gasteiger charge is 2.12. The van der Waals surface area contributed by atoms with Gasteiger partial charge in [-0.1, -0.05) is 36.3 Å². The van der Waals surface area contributed by atoms with Crippen molar-refractivity contribution >= 4 is 12.6 Å². The summed E-state index contributed by atoms with van der Waals surface area (Å²) in [6.07, 6.45) is 1.05. The zero-order valence-electron chi connectivity index (χ0n) is 9.53. The number of thiol groups is 1. The van der Waals surface area contributed by atoms with Crippen LogP contribution in [-0.4, -0.2) is 5.16 Å². The molecular weight excluding hydrogens is 218 g/mol. The van der Waals surface area contributed by atoms with Crippen molar-refractivity contribution in [2.45, 2.75) is 26.0 Å². The molecule has 0 atom stereocenters. The first kappa shape index (κ1) is 11.3.